The first-order valence-electron chi connectivity index (χ1n) is 11.2. The van der Waals surface area contributed by atoms with Crippen molar-refractivity contribution in [1.29, 1.82) is 0 Å². The number of hydrogen-bond donors (Lipinski definition) is 0. The summed E-state index contributed by atoms with van der Waals surface area (Å²) < 4.78 is 187. The van der Waals surface area contributed by atoms with Gasteiger partial charge >= 0.3 is 24.7 Å². The molecule has 230 valence electrons. The molecule has 0 amide bonds. The summed E-state index contributed by atoms with van der Waals surface area (Å²) in [6, 6.07) is 3.31. The van der Waals surface area contributed by atoms with E-state index in [0.29, 0.717) is 28.4 Å². The zero-order chi connectivity index (χ0) is 32.0. The van der Waals surface area contributed by atoms with Crippen molar-refractivity contribution < 1.29 is 71.6 Å². The topological polar surface area (TPSA) is 36.9 Å². The number of rotatable bonds is 6. The Hall–Kier alpha value is -3.98. The number of methoxy groups -OCH3 is 4. The van der Waals surface area contributed by atoms with Crippen molar-refractivity contribution >= 4 is 0 Å². The summed E-state index contributed by atoms with van der Waals surface area (Å²) in [4.78, 5) is 0. The van der Waals surface area contributed by atoms with Crippen molar-refractivity contribution in [2.45, 2.75) is 24.7 Å². The van der Waals surface area contributed by atoms with Gasteiger partial charge in [-0.2, -0.15) is 52.7 Å². The molecule has 0 bridgehead atoms. The van der Waals surface area contributed by atoms with Gasteiger partial charge in [0.05, 0.1) is 61.8 Å². The minimum Gasteiger partial charge on any atom is -0.495 e. The predicted octanol–water partition coefficient (Wildman–Crippen LogP) is 9.13. The van der Waals surface area contributed by atoms with E-state index in [-0.39, 0.29) is 12.1 Å². The highest BCUT2D eigenvalue weighted by molar-refractivity contribution is 5.95. The first kappa shape index (κ1) is 32.5. The number of halogens is 12. The molecule has 0 N–H and O–H groups in total. The van der Waals surface area contributed by atoms with Crippen LogP contribution in [0.15, 0.2) is 36.4 Å². The van der Waals surface area contributed by atoms with Crippen LogP contribution in [-0.4, -0.2) is 28.4 Å². The molecule has 0 aliphatic rings. The average molecular weight is 622 g/mol. The summed E-state index contributed by atoms with van der Waals surface area (Å²) in [5.74, 6) is -5.00. The Morgan fingerprint density at radius 1 is 0.405 bits per heavy atom. The van der Waals surface area contributed by atoms with Crippen LogP contribution in [0.5, 0.6) is 23.0 Å². The quantitative estimate of drug-likeness (QED) is 0.257. The summed E-state index contributed by atoms with van der Waals surface area (Å²) in [7, 11) is 2.71. The molecular formula is C26H18F12O4. The molecule has 0 aromatic heterocycles. The van der Waals surface area contributed by atoms with E-state index in [1.807, 2.05) is 0 Å². The number of ether oxygens (including phenoxy) is 4. The van der Waals surface area contributed by atoms with E-state index in [2.05, 4.69) is 0 Å². The second-order valence-corrected chi connectivity index (χ2v) is 8.36. The van der Waals surface area contributed by atoms with Crippen molar-refractivity contribution in [3.8, 4) is 45.3 Å². The minimum atomic E-state index is -5.46. The average Bonchev–Trinajstić information content (AvgIpc) is 2.88. The standard InChI is InChI=1S/C26H18F12O4/c1-39-19-13(23(27,28)29)9-14(24(30,31)32)20(40-2)17(19)11-7-5-6-8-12(11)18-21(41-3)15(25(33,34)35)10-16(22(18)42-4)26(36,37)38/h5-10H,1-4H3. The highest BCUT2D eigenvalue weighted by Crippen LogP contribution is 2.57. The third-order valence-electron chi connectivity index (χ3n) is 5.97. The Morgan fingerprint density at radius 2 is 0.619 bits per heavy atom. The van der Waals surface area contributed by atoms with Crippen LogP contribution in [0.4, 0.5) is 52.7 Å². The molecule has 0 atom stereocenters. The molecule has 0 saturated heterocycles. The molecule has 0 aliphatic heterocycles. The first-order valence-corrected chi connectivity index (χ1v) is 11.2. The lowest BCUT2D eigenvalue weighted by atomic mass is 9.87. The molecule has 0 radical (unpaired) electrons. The molecule has 0 spiro atoms. The SMILES string of the molecule is COc1c(C(F)(F)F)cc(C(F)(F)F)c(OC)c1-c1ccccc1-c1c(OC)c(C(F)(F)F)cc(C(F)(F)F)c1OC. The lowest BCUT2D eigenvalue weighted by Crippen LogP contribution is -2.16. The van der Waals surface area contributed by atoms with E-state index in [4.69, 9.17) is 18.9 Å². The highest BCUT2D eigenvalue weighted by Gasteiger charge is 2.46. The van der Waals surface area contributed by atoms with E-state index in [1.165, 1.54) is 0 Å². The van der Waals surface area contributed by atoms with Crippen LogP contribution < -0.4 is 18.9 Å². The van der Waals surface area contributed by atoms with Gasteiger partial charge in [0.15, 0.2) is 0 Å². The van der Waals surface area contributed by atoms with Gasteiger partial charge in [0.2, 0.25) is 0 Å². The third-order valence-corrected chi connectivity index (χ3v) is 5.97. The fourth-order valence-electron chi connectivity index (χ4n) is 4.39. The van der Waals surface area contributed by atoms with Crippen molar-refractivity contribution in [2.24, 2.45) is 0 Å². The molecule has 0 unspecified atom stereocenters. The number of hydrogen-bond acceptors (Lipinski definition) is 4. The minimum absolute atomic E-state index is 0.281. The van der Waals surface area contributed by atoms with Crippen LogP contribution in [0.25, 0.3) is 22.3 Å². The maximum atomic E-state index is 14.0. The fraction of sp³-hybridized carbons (Fsp3) is 0.308. The molecule has 3 rings (SSSR count). The predicted molar refractivity (Wildman–Crippen MR) is 124 cm³/mol. The number of benzene rings is 3. The molecule has 0 heterocycles. The molecule has 0 saturated carbocycles. The molecule has 3 aromatic rings. The monoisotopic (exact) mass is 622 g/mol. The summed E-state index contributed by atoms with van der Waals surface area (Å²) in [6.45, 7) is 0. The largest absolute Gasteiger partial charge is 0.495 e. The molecule has 42 heavy (non-hydrogen) atoms. The fourth-order valence-corrected chi connectivity index (χ4v) is 4.39. The smallest absolute Gasteiger partial charge is 0.420 e. The van der Waals surface area contributed by atoms with Gasteiger partial charge in [-0.15, -0.1) is 0 Å². The highest BCUT2D eigenvalue weighted by atomic mass is 19.4. The van der Waals surface area contributed by atoms with Crippen molar-refractivity contribution in [3.63, 3.8) is 0 Å². The van der Waals surface area contributed by atoms with E-state index < -0.39 is 92.2 Å². The zero-order valence-electron chi connectivity index (χ0n) is 21.6. The molecular weight excluding hydrogens is 604 g/mol. The van der Waals surface area contributed by atoms with Crippen molar-refractivity contribution in [3.05, 3.63) is 58.7 Å². The third kappa shape index (κ3) is 5.83. The van der Waals surface area contributed by atoms with Crippen LogP contribution in [0.1, 0.15) is 22.3 Å². The normalized spacial score (nSPS) is 12.8. The van der Waals surface area contributed by atoms with Crippen LogP contribution in [0.3, 0.4) is 0 Å². The molecule has 0 aliphatic carbocycles. The molecule has 0 fully saturated rings. The zero-order valence-corrected chi connectivity index (χ0v) is 21.6. The van der Waals surface area contributed by atoms with Gasteiger partial charge in [-0.05, 0) is 23.3 Å². The van der Waals surface area contributed by atoms with E-state index >= 15 is 0 Å². The van der Waals surface area contributed by atoms with Gasteiger partial charge in [0.25, 0.3) is 0 Å². The number of alkyl halides is 12. The maximum Gasteiger partial charge on any atom is 0.420 e. The Bertz CT molecular complexity index is 1280. The van der Waals surface area contributed by atoms with Crippen LogP contribution in [-0.2, 0) is 24.7 Å². The van der Waals surface area contributed by atoms with Crippen molar-refractivity contribution in [2.75, 3.05) is 28.4 Å². The molecule has 4 nitrogen and oxygen atoms in total. The Morgan fingerprint density at radius 3 is 0.786 bits per heavy atom. The second kappa shape index (κ2) is 11.0. The Balaban J connectivity index is 2.71. The van der Waals surface area contributed by atoms with Gasteiger partial charge in [0, 0.05) is 0 Å². The maximum absolute atomic E-state index is 14.0. The molecule has 16 heteroatoms. The summed E-state index contributed by atoms with van der Waals surface area (Å²) >= 11 is 0. The van der Waals surface area contributed by atoms with E-state index in [0.717, 1.165) is 24.3 Å². The second-order valence-electron chi connectivity index (χ2n) is 8.36. The molecule has 3 aromatic carbocycles. The van der Waals surface area contributed by atoms with Crippen molar-refractivity contribution in [1.82, 2.24) is 0 Å². The van der Waals surface area contributed by atoms with Gasteiger partial charge in [-0.1, -0.05) is 24.3 Å². The van der Waals surface area contributed by atoms with Crippen LogP contribution >= 0.6 is 0 Å². The Labute approximate surface area is 229 Å². The van der Waals surface area contributed by atoms with Gasteiger partial charge in [0.1, 0.15) is 23.0 Å². The van der Waals surface area contributed by atoms with Crippen LogP contribution in [0.2, 0.25) is 0 Å². The van der Waals surface area contributed by atoms with E-state index in [1.54, 1.807) is 0 Å². The van der Waals surface area contributed by atoms with E-state index in [9.17, 15) is 52.7 Å². The van der Waals surface area contributed by atoms with Gasteiger partial charge in [-0.25, -0.2) is 0 Å². The van der Waals surface area contributed by atoms with Gasteiger partial charge < -0.3 is 18.9 Å². The summed E-state index contributed by atoms with van der Waals surface area (Å²) in [5, 5.41) is 0. The lowest BCUT2D eigenvalue weighted by molar-refractivity contribution is -0.146. The first-order chi connectivity index (χ1) is 19.2. The lowest BCUT2D eigenvalue weighted by Gasteiger charge is -2.26. The summed E-state index contributed by atoms with van der Waals surface area (Å²) in [5.41, 5.74) is -11.4. The van der Waals surface area contributed by atoms with Gasteiger partial charge in [-0.3, -0.25) is 0 Å². The van der Waals surface area contributed by atoms with Crippen LogP contribution in [0, 0.1) is 0 Å². The summed E-state index contributed by atoms with van der Waals surface area (Å²) in [6.07, 6.45) is -21.8. The Kier molecular flexibility index (Phi) is 8.54.